The monoisotopic (exact) mass is 266 g/mol. The molecule has 0 aliphatic heterocycles. The molecule has 0 amide bonds. The molecule has 2 aromatic rings. The van der Waals surface area contributed by atoms with E-state index in [9.17, 15) is 8.42 Å². The van der Waals surface area contributed by atoms with E-state index in [-0.39, 0.29) is 4.90 Å². The van der Waals surface area contributed by atoms with E-state index < -0.39 is 10.0 Å². The number of anilines is 1. The summed E-state index contributed by atoms with van der Waals surface area (Å²) in [6.45, 7) is 2.44. The van der Waals surface area contributed by atoms with Crippen molar-refractivity contribution in [3.8, 4) is 0 Å². The molecule has 7 heteroatoms. The summed E-state index contributed by atoms with van der Waals surface area (Å²) in [4.78, 5) is 7.20. The Hall–Kier alpha value is -1.86. The lowest BCUT2D eigenvalue weighted by atomic mass is 10.3. The van der Waals surface area contributed by atoms with Gasteiger partial charge in [0, 0.05) is 11.4 Å². The molecule has 96 valence electrons. The molecule has 0 atom stereocenters. The number of aryl methyl sites for hydroxylation is 1. The fraction of sp³-hybridized carbons (Fsp3) is 0.182. The van der Waals surface area contributed by atoms with Crippen molar-refractivity contribution in [1.82, 2.24) is 9.97 Å². The molecule has 1 aromatic carbocycles. The van der Waals surface area contributed by atoms with Gasteiger partial charge in [-0.25, -0.2) is 18.5 Å². The van der Waals surface area contributed by atoms with Gasteiger partial charge >= 0.3 is 0 Å². The molecule has 18 heavy (non-hydrogen) atoms. The van der Waals surface area contributed by atoms with Crippen LogP contribution in [-0.4, -0.2) is 18.4 Å². The molecule has 6 nitrogen and oxygen atoms in total. The van der Waals surface area contributed by atoms with Crippen molar-refractivity contribution in [2.75, 3.05) is 5.32 Å². The summed E-state index contributed by atoms with van der Waals surface area (Å²) in [5.41, 5.74) is 2.55. The van der Waals surface area contributed by atoms with Crippen molar-refractivity contribution in [2.24, 2.45) is 5.14 Å². The summed E-state index contributed by atoms with van der Waals surface area (Å²) in [5, 5.41) is 8.17. The number of benzene rings is 1. The zero-order valence-corrected chi connectivity index (χ0v) is 10.7. The van der Waals surface area contributed by atoms with E-state index in [4.69, 9.17) is 5.14 Å². The Bertz CT molecular complexity index is 649. The average molecular weight is 266 g/mol. The molecular weight excluding hydrogens is 252 g/mol. The van der Waals surface area contributed by atoms with Gasteiger partial charge < -0.3 is 10.3 Å². The molecule has 1 heterocycles. The maximum atomic E-state index is 11.2. The van der Waals surface area contributed by atoms with Crippen molar-refractivity contribution in [2.45, 2.75) is 18.4 Å². The van der Waals surface area contributed by atoms with E-state index in [2.05, 4.69) is 15.3 Å². The fourth-order valence-corrected chi connectivity index (χ4v) is 2.09. The molecule has 0 bridgehead atoms. The van der Waals surface area contributed by atoms with E-state index >= 15 is 0 Å². The van der Waals surface area contributed by atoms with Crippen LogP contribution < -0.4 is 10.5 Å². The average Bonchev–Trinajstić information content (AvgIpc) is 2.72. The Morgan fingerprint density at radius 3 is 2.83 bits per heavy atom. The van der Waals surface area contributed by atoms with Gasteiger partial charge in [0.1, 0.15) is 0 Å². The Morgan fingerprint density at radius 2 is 2.22 bits per heavy atom. The van der Waals surface area contributed by atoms with Gasteiger partial charge in [-0.3, -0.25) is 0 Å². The van der Waals surface area contributed by atoms with Crippen molar-refractivity contribution in [3.63, 3.8) is 0 Å². The minimum atomic E-state index is -3.67. The molecule has 0 saturated carbocycles. The van der Waals surface area contributed by atoms with Crippen molar-refractivity contribution >= 4 is 15.7 Å². The highest BCUT2D eigenvalue weighted by molar-refractivity contribution is 7.89. The normalized spacial score (nSPS) is 11.4. The predicted octanol–water partition coefficient (Wildman–Crippen LogP) is 0.978. The number of aromatic nitrogens is 2. The SMILES string of the molecule is Cc1[nH]cnc1CNc1cccc(S(N)(=O)=O)c1. The molecule has 0 unspecified atom stereocenters. The second-order valence-corrected chi connectivity index (χ2v) is 5.46. The maximum Gasteiger partial charge on any atom is 0.238 e. The highest BCUT2D eigenvalue weighted by Gasteiger charge is 2.08. The topological polar surface area (TPSA) is 101 Å². The van der Waals surface area contributed by atoms with Crippen LogP contribution in [0.5, 0.6) is 0 Å². The summed E-state index contributed by atoms with van der Waals surface area (Å²) in [6.07, 6.45) is 1.62. The van der Waals surface area contributed by atoms with Gasteiger partial charge in [-0.05, 0) is 25.1 Å². The van der Waals surface area contributed by atoms with Crippen LogP contribution in [0, 0.1) is 6.92 Å². The summed E-state index contributed by atoms with van der Waals surface area (Å²) in [5.74, 6) is 0. The van der Waals surface area contributed by atoms with Gasteiger partial charge in [0.25, 0.3) is 0 Å². The number of primary sulfonamides is 1. The number of nitrogens with one attached hydrogen (secondary N) is 2. The largest absolute Gasteiger partial charge is 0.379 e. The van der Waals surface area contributed by atoms with Crippen LogP contribution in [0.4, 0.5) is 5.69 Å². The number of rotatable bonds is 4. The first-order valence-corrected chi connectivity index (χ1v) is 6.87. The minimum Gasteiger partial charge on any atom is -0.379 e. The first kappa shape index (κ1) is 12.6. The van der Waals surface area contributed by atoms with Crippen LogP contribution in [0.2, 0.25) is 0 Å². The van der Waals surface area contributed by atoms with Gasteiger partial charge in [-0.1, -0.05) is 6.07 Å². The summed E-state index contributed by atoms with van der Waals surface area (Å²) in [7, 11) is -3.67. The number of H-pyrrole nitrogens is 1. The lowest BCUT2D eigenvalue weighted by molar-refractivity contribution is 0.598. The third-order valence-corrected chi connectivity index (χ3v) is 3.47. The third kappa shape index (κ3) is 2.88. The number of nitrogens with two attached hydrogens (primary N) is 1. The molecule has 4 N–H and O–H groups in total. The molecule has 0 aliphatic rings. The molecule has 0 spiro atoms. The minimum absolute atomic E-state index is 0.0891. The lowest BCUT2D eigenvalue weighted by Gasteiger charge is -2.06. The number of aromatic amines is 1. The zero-order chi connectivity index (χ0) is 13.2. The van der Waals surface area contributed by atoms with E-state index in [1.165, 1.54) is 12.1 Å². The lowest BCUT2D eigenvalue weighted by Crippen LogP contribution is -2.12. The Labute approximate surface area is 105 Å². The predicted molar refractivity (Wildman–Crippen MR) is 68.5 cm³/mol. The van der Waals surface area contributed by atoms with Crippen LogP contribution in [0.15, 0.2) is 35.5 Å². The highest BCUT2D eigenvalue weighted by atomic mass is 32.2. The number of hydrogen-bond donors (Lipinski definition) is 3. The van der Waals surface area contributed by atoms with Crippen LogP contribution in [0.3, 0.4) is 0 Å². The van der Waals surface area contributed by atoms with Crippen LogP contribution in [-0.2, 0) is 16.6 Å². The van der Waals surface area contributed by atoms with Crippen LogP contribution >= 0.6 is 0 Å². The summed E-state index contributed by atoms with van der Waals surface area (Å²) < 4.78 is 22.4. The van der Waals surface area contributed by atoms with Gasteiger partial charge in [-0.2, -0.15) is 0 Å². The Morgan fingerprint density at radius 1 is 1.44 bits per heavy atom. The first-order valence-electron chi connectivity index (χ1n) is 5.32. The Balaban J connectivity index is 2.13. The number of hydrogen-bond acceptors (Lipinski definition) is 4. The summed E-state index contributed by atoms with van der Waals surface area (Å²) >= 11 is 0. The van der Waals surface area contributed by atoms with E-state index in [0.717, 1.165) is 11.4 Å². The molecule has 0 saturated heterocycles. The van der Waals surface area contributed by atoms with Crippen molar-refractivity contribution in [1.29, 1.82) is 0 Å². The zero-order valence-electron chi connectivity index (χ0n) is 9.84. The van der Waals surface area contributed by atoms with Crippen LogP contribution in [0.1, 0.15) is 11.4 Å². The molecule has 2 rings (SSSR count). The smallest absolute Gasteiger partial charge is 0.238 e. The van der Waals surface area contributed by atoms with Gasteiger partial charge in [0.05, 0.1) is 23.5 Å². The highest BCUT2D eigenvalue weighted by Crippen LogP contribution is 2.15. The number of imidazole rings is 1. The standard InChI is InChI=1S/C11H14N4O2S/c1-8-11(15-7-14-8)6-13-9-3-2-4-10(5-9)18(12,16)17/h2-5,7,13H,6H2,1H3,(H,14,15)(H2,12,16,17). The molecule has 0 radical (unpaired) electrons. The van der Waals surface area contributed by atoms with Gasteiger partial charge in [0.15, 0.2) is 0 Å². The molecule has 0 fully saturated rings. The second-order valence-electron chi connectivity index (χ2n) is 3.90. The first-order chi connectivity index (χ1) is 8.47. The fourth-order valence-electron chi connectivity index (χ4n) is 1.53. The number of nitrogens with zero attached hydrogens (tertiary/aromatic N) is 1. The van der Waals surface area contributed by atoms with Gasteiger partial charge in [-0.15, -0.1) is 0 Å². The van der Waals surface area contributed by atoms with E-state index in [1.54, 1.807) is 18.5 Å². The van der Waals surface area contributed by atoms with Gasteiger partial charge in [0.2, 0.25) is 10.0 Å². The second kappa shape index (κ2) is 4.79. The number of sulfonamides is 1. The molecule has 1 aromatic heterocycles. The quantitative estimate of drug-likeness (QED) is 0.767. The van der Waals surface area contributed by atoms with E-state index in [0.29, 0.717) is 12.2 Å². The van der Waals surface area contributed by atoms with Crippen molar-refractivity contribution < 1.29 is 8.42 Å². The Kier molecular flexibility index (Phi) is 3.35. The summed E-state index contributed by atoms with van der Waals surface area (Å²) in [6, 6.07) is 6.37. The van der Waals surface area contributed by atoms with Crippen LogP contribution in [0.25, 0.3) is 0 Å². The molecular formula is C11H14N4O2S. The molecule has 0 aliphatic carbocycles. The maximum absolute atomic E-state index is 11.2. The third-order valence-electron chi connectivity index (χ3n) is 2.56. The van der Waals surface area contributed by atoms with E-state index in [1.807, 2.05) is 6.92 Å². The van der Waals surface area contributed by atoms with Crippen molar-refractivity contribution in [3.05, 3.63) is 42.0 Å².